The summed E-state index contributed by atoms with van der Waals surface area (Å²) < 4.78 is 32.8. The smallest absolute Gasteiger partial charge is 0.254 e. The number of amides is 1. The molecule has 214 valence electrons. The Balaban J connectivity index is 1.33. The summed E-state index contributed by atoms with van der Waals surface area (Å²) >= 11 is 0. The van der Waals surface area contributed by atoms with Gasteiger partial charge in [0.05, 0.1) is 30.6 Å². The summed E-state index contributed by atoms with van der Waals surface area (Å²) in [5, 5.41) is 14.2. The Labute approximate surface area is 238 Å². The van der Waals surface area contributed by atoms with Crippen molar-refractivity contribution in [3.63, 3.8) is 0 Å². The van der Waals surface area contributed by atoms with Crippen molar-refractivity contribution in [2.24, 2.45) is 4.99 Å². The molecule has 1 aliphatic heterocycles. The predicted octanol–water partition coefficient (Wildman–Crippen LogP) is 3.84. The number of aliphatic hydroxyl groups is 1. The number of benzene rings is 2. The topological polar surface area (TPSA) is 90.3 Å². The lowest BCUT2D eigenvalue weighted by Gasteiger charge is -2.29. The molecule has 1 aliphatic rings. The highest BCUT2D eigenvalue weighted by atomic mass is 19.2. The number of rotatable bonds is 11. The molecular weight excluding hydrogens is 528 g/mol. The van der Waals surface area contributed by atoms with Gasteiger partial charge in [-0.1, -0.05) is 31.8 Å². The van der Waals surface area contributed by atoms with Gasteiger partial charge in [-0.2, -0.15) is 0 Å². The Bertz CT molecular complexity index is 1490. The summed E-state index contributed by atoms with van der Waals surface area (Å²) in [5.41, 5.74) is 1.97. The van der Waals surface area contributed by atoms with Gasteiger partial charge >= 0.3 is 0 Å². The highest BCUT2D eigenvalue weighted by Crippen LogP contribution is 2.25. The zero-order valence-corrected chi connectivity index (χ0v) is 23.1. The monoisotopic (exact) mass is 561 g/mol. The number of nitrogens with zero attached hydrogens (tertiary/aromatic N) is 4. The molecule has 8 nitrogen and oxygen atoms in total. The zero-order valence-electron chi connectivity index (χ0n) is 23.1. The van der Waals surface area contributed by atoms with E-state index in [2.05, 4.69) is 45.9 Å². The van der Waals surface area contributed by atoms with Gasteiger partial charge in [-0.25, -0.2) is 13.8 Å². The molecule has 0 fully saturated rings. The fraction of sp³-hybridized carbons (Fsp3) is 0.323. The number of carbonyl (C=O) groups excluding carboxylic acids is 1. The quantitative estimate of drug-likeness (QED) is 0.273. The average molecular weight is 562 g/mol. The Morgan fingerprint density at radius 1 is 1.15 bits per heavy atom. The average Bonchev–Trinajstić information content (AvgIpc) is 2.98. The number of pyridine rings is 1. The van der Waals surface area contributed by atoms with E-state index in [9.17, 15) is 18.7 Å². The second kappa shape index (κ2) is 14.3. The lowest BCUT2D eigenvalue weighted by molar-refractivity contribution is -0.119. The number of aliphatic hydroxyl groups excluding tert-OH is 1. The third kappa shape index (κ3) is 7.87. The molecule has 0 spiro atoms. The second-order valence-electron chi connectivity index (χ2n) is 9.40. The third-order valence-corrected chi connectivity index (χ3v) is 6.67. The normalized spacial score (nSPS) is 14.5. The van der Waals surface area contributed by atoms with Gasteiger partial charge < -0.3 is 25.0 Å². The lowest BCUT2D eigenvalue weighted by atomic mass is 10.1. The fourth-order valence-corrected chi connectivity index (χ4v) is 4.37. The Kier molecular flexibility index (Phi) is 10.4. The Morgan fingerprint density at radius 3 is 2.76 bits per heavy atom. The molecule has 1 amide bonds. The minimum absolute atomic E-state index is 0.0106. The van der Waals surface area contributed by atoms with Gasteiger partial charge in [0.2, 0.25) is 0 Å². The van der Waals surface area contributed by atoms with E-state index in [-0.39, 0.29) is 18.7 Å². The number of aliphatic imine (C=N–C) groups is 1. The molecule has 2 N–H and O–H groups in total. The molecule has 1 unspecified atom stereocenters. The van der Waals surface area contributed by atoms with Crippen LogP contribution in [0.5, 0.6) is 5.75 Å². The van der Waals surface area contributed by atoms with E-state index >= 15 is 0 Å². The molecule has 0 bridgehead atoms. The van der Waals surface area contributed by atoms with Crippen molar-refractivity contribution in [1.29, 1.82) is 0 Å². The first kappa shape index (κ1) is 29.6. The van der Waals surface area contributed by atoms with Gasteiger partial charge in [-0.3, -0.25) is 9.78 Å². The molecule has 2 aromatic carbocycles. The van der Waals surface area contributed by atoms with Crippen LogP contribution in [0.3, 0.4) is 0 Å². The van der Waals surface area contributed by atoms with Crippen molar-refractivity contribution in [2.75, 3.05) is 32.8 Å². The van der Waals surface area contributed by atoms with Crippen LogP contribution in [0.15, 0.2) is 65.4 Å². The molecule has 2 heterocycles. The minimum atomic E-state index is -1.31. The van der Waals surface area contributed by atoms with E-state index in [1.807, 2.05) is 24.3 Å². The summed E-state index contributed by atoms with van der Waals surface area (Å²) in [4.78, 5) is 24.8. The van der Waals surface area contributed by atoms with Crippen LogP contribution in [-0.2, 0) is 11.3 Å². The first-order chi connectivity index (χ1) is 19.9. The number of ether oxygens (including phenoxy) is 1. The molecule has 0 aliphatic carbocycles. The second-order valence-corrected chi connectivity index (χ2v) is 9.40. The minimum Gasteiger partial charge on any atom is -0.493 e. The lowest BCUT2D eigenvalue weighted by Crippen LogP contribution is -2.42. The van der Waals surface area contributed by atoms with Crippen LogP contribution in [0.2, 0.25) is 0 Å². The molecule has 0 radical (unpaired) electrons. The maximum atomic E-state index is 13.5. The first-order valence-electron chi connectivity index (χ1n) is 13.5. The molecule has 0 saturated heterocycles. The van der Waals surface area contributed by atoms with Crippen molar-refractivity contribution in [3.8, 4) is 17.6 Å². The maximum Gasteiger partial charge on any atom is 0.254 e. The highest BCUT2D eigenvalue weighted by Gasteiger charge is 2.26. The van der Waals surface area contributed by atoms with Gasteiger partial charge in [-0.15, -0.1) is 0 Å². The van der Waals surface area contributed by atoms with Crippen molar-refractivity contribution in [1.82, 2.24) is 20.1 Å². The van der Waals surface area contributed by atoms with Crippen LogP contribution in [0.1, 0.15) is 31.4 Å². The number of nitrogens with one attached hydrogen (secondary N) is 1. The Hall–Kier alpha value is -4.33. The summed E-state index contributed by atoms with van der Waals surface area (Å²) in [6.45, 7) is 7.97. The molecule has 0 saturated carbocycles. The largest absolute Gasteiger partial charge is 0.493 e. The third-order valence-electron chi connectivity index (χ3n) is 6.67. The van der Waals surface area contributed by atoms with Crippen LogP contribution >= 0.6 is 0 Å². The fourth-order valence-electron chi connectivity index (χ4n) is 4.37. The standard InChI is InChI=1S/C31H33F2N5O3/c1-3-37(4-2)15-6-16-41-29-12-14-35-28-11-9-22(17-24(28)29)7-5-13-36-30(39)25-19-34-21-38(31(25)40)20-23-8-10-26(32)27(33)18-23/h8-12,14,17-19,21,31,40H,3-4,6,13,15-16,20H2,1-2H3,(H,36,39). The van der Waals surface area contributed by atoms with E-state index < -0.39 is 23.8 Å². The number of halogens is 2. The van der Waals surface area contributed by atoms with E-state index in [0.717, 1.165) is 60.4 Å². The molecule has 41 heavy (non-hydrogen) atoms. The van der Waals surface area contributed by atoms with Crippen LogP contribution in [0, 0.1) is 23.5 Å². The van der Waals surface area contributed by atoms with Gasteiger partial charge in [0.1, 0.15) is 5.75 Å². The number of carbonyl (C=O) groups is 1. The van der Waals surface area contributed by atoms with E-state index in [1.54, 1.807) is 6.20 Å². The van der Waals surface area contributed by atoms with Gasteiger partial charge in [-0.05, 0) is 61.5 Å². The van der Waals surface area contributed by atoms with E-state index in [0.29, 0.717) is 12.2 Å². The number of aromatic nitrogens is 1. The summed E-state index contributed by atoms with van der Waals surface area (Å²) in [6.07, 6.45) is 3.92. The van der Waals surface area contributed by atoms with Gasteiger partial charge in [0.25, 0.3) is 5.91 Å². The van der Waals surface area contributed by atoms with Crippen LogP contribution < -0.4 is 10.1 Å². The van der Waals surface area contributed by atoms with Crippen LogP contribution in [0.25, 0.3) is 10.9 Å². The van der Waals surface area contributed by atoms with E-state index in [1.165, 1.54) is 23.5 Å². The Morgan fingerprint density at radius 2 is 1.98 bits per heavy atom. The summed E-state index contributed by atoms with van der Waals surface area (Å²) in [5.74, 6) is 4.22. The zero-order chi connectivity index (χ0) is 29.2. The molecule has 1 atom stereocenters. The highest BCUT2D eigenvalue weighted by molar-refractivity contribution is 5.95. The number of hydrogen-bond acceptors (Lipinski definition) is 7. The van der Waals surface area contributed by atoms with Crippen LogP contribution in [-0.4, -0.2) is 71.1 Å². The van der Waals surface area contributed by atoms with Gasteiger partial charge in [0.15, 0.2) is 17.9 Å². The number of hydrogen-bond donors (Lipinski definition) is 2. The van der Waals surface area contributed by atoms with E-state index in [4.69, 9.17) is 4.74 Å². The molecule has 3 aromatic rings. The number of fused-ring (bicyclic) bond motifs is 1. The van der Waals surface area contributed by atoms with Crippen LogP contribution in [0.4, 0.5) is 8.78 Å². The maximum absolute atomic E-state index is 13.5. The van der Waals surface area contributed by atoms with Crippen molar-refractivity contribution >= 4 is 23.1 Å². The van der Waals surface area contributed by atoms with Crippen molar-refractivity contribution in [2.45, 2.75) is 33.0 Å². The molecule has 10 heteroatoms. The van der Waals surface area contributed by atoms with Gasteiger partial charge in [0, 0.05) is 36.4 Å². The molecule has 4 rings (SSSR count). The SMILES string of the molecule is CCN(CC)CCCOc1ccnc2ccc(C#CCNC(=O)C3=CN=CN(Cc4ccc(F)c(F)c4)C3O)cc12. The first-order valence-corrected chi connectivity index (χ1v) is 13.5. The molecular formula is C31H33F2N5O3. The summed E-state index contributed by atoms with van der Waals surface area (Å²) in [7, 11) is 0. The van der Waals surface area contributed by atoms with Crippen molar-refractivity contribution in [3.05, 3.63) is 83.2 Å². The predicted molar refractivity (Wildman–Crippen MR) is 154 cm³/mol. The summed E-state index contributed by atoms with van der Waals surface area (Å²) in [6, 6.07) is 10.9. The molecule has 1 aromatic heterocycles. The van der Waals surface area contributed by atoms with Crippen molar-refractivity contribution < 1.29 is 23.4 Å².